The van der Waals surface area contributed by atoms with Crippen molar-refractivity contribution in [1.82, 2.24) is 15.3 Å². The molecule has 0 radical (unpaired) electrons. The lowest BCUT2D eigenvalue weighted by Crippen LogP contribution is -2.36. The normalized spacial score (nSPS) is 24.0. The SMILES string of the molecule is Cc1cc(N2CCC[C@@H](C)C2)nc(NC(=S)NC[C@@H]2CCCO2)n1. The number of nitrogens with one attached hydrogen (secondary N) is 2. The highest BCUT2D eigenvalue weighted by molar-refractivity contribution is 7.80. The number of nitrogens with zero attached hydrogens (tertiary/aromatic N) is 3. The smallest absolute Gasteiger partial charge is 0.231 e. The number of hydrogen-bond acceptors (Lipinski definition) is 5. The maximum Gasteiger partial charge on any atom is 0.231 e. The molecule has 7 heteroatoms. The summed E-state index contributed by atoms with van der Waals surface area (Å²) in [5, 5.41) is 6.86. The molecular weight excluding hydrogens is 322 g/mol. The molecule has 1 aromatic rings. The molecule has 0 aromatic carbocycles. The quantitative estimate of drug-likeness (QED) is 0.810. The molecule has 2 aliphatic rings. The molecule has 0 unspecified atom stereocenters. The summed E-state index contributed by atoms with van der Waals surface area (Å²) in [5.41, 5.74) is 0.947. The molecule has 0 bridgehead atoms. The predicted octanol–water partition coefficient (Wildman–Crippen LogP) is 2.49. The van der Waals surface area contributed by atoms with Crippen molar-refractivity contribution >= 4 is 29.1 Å². The van der Waals surface area contributed by atoms with Crippen LogP contribution in [-0.4, -0.2) is 47.4 Å². The minimum Gasteiger partial charge on any atom is -0.376 e. The number of anilines is 2. The summed E-state index contributed by atoms with van der Waals surface area (Å²) < 4.78 is 5.59. The fraction of sp³-hybridized carbons (Fsp3) is 0.706. The van der Waals surface area contributed by atoms with E-state index in [1.807, 2.05) is 13.0 Å². The largest absolute Gasteiger partial charge is 0.376 e. The molecule has 132 valence electrons. The first-order valence-corrected chi connectivity index (χ1v) is 9.28. The van der Waals surface area contributed by atoms with Gasteiger partial charge in [-0.25, -0.2) is 4.98 Å². The van der Waals surface area contributed by atoms with Gasteiger partial charge in [0.05, 0.1) is 6.10 Å². The summed E-state index contributed by atoms with van der Waals surface area (Å²) >= 11 is 5.36. The lowest BCUT2D eigenvalue weighted by Gasteiger charge is -2.32. The Morgan fingerprint density at radius 3 is 3.00 bits per heavy atom. The molecule has 0 aliphatic carbocycles. The molecule has 2 N–H and O–H groups in total. The summed E-state index contributed by atoms with van der Waals surface area (Å²) in [6.07, 6.45) is 4.99. The number of ether oxygens (including phenoxy) is 1. The van der Waals surface area contributed by atoms with Crippen LogP contribution >= 0.6 is 12.2 Å². The first-order chi connectivity index (χ1) is 11.6. The molecule has 0 spiro atoms. The Hall–Kier alpha value is -1.47. The van der Waals surface area contributed by atoms with E-state index >= 15 is 0 Å². The van der Waals surface area contributed by atoms with Crippen molar-refractivity contribution in [3.05, 3.63) is 11.8 Å². The highest BCUT2D eigenvalue weighted by Gasteiger charge is 2.19. The van der Waals surface area contributed by atoms with Crippen molar-refractivity contribution in [3.8, 4) is 0 Å². The highest BCUT2D eigenvalue weighted by Crippen LogP contribution is 2.22. The van der Waals surface area contributed by atoms with Gasteiger partial charge in [-0.05, 0) is 50.7 Å². The Labute approximate surface area is 149 Å². The second kappa shape index (κ2) is 8.07. The zero-order valence-electron chi connectivity index (χ0n) is 14.5. The van der Waals surface area contributed by atoms with Crippen LogP contribution in [0.25, 0.3) is 0 Å². The van der Waals surface area contributed by atoms with Crippen LogP contribution in [-0.2, 0) is 4.74 Å². The molecule has 6 nitrogen and oxygen atoms in total. The van der Waals surface area contributed by atoms with Crippen LogP contribution in [0.3, 0.4) is 0 Å². The Balaban J connectivity index is 1.59. The van der Waals surface area contributed by atoms with E-state index in [1.54, 1.807) is 0 Å². The van der Waals surface area contributed by atoms with Crippen LogP contribution in [0.5, 0.6) is 0 Å². The van der Waals surface area contributed by atoms with E-state index in [2.05, 4.69) is 32.4 Å². The van der Waals surface area contributed by atoms with Gasteiger partial charge in [0.1, 0.15) is 5.82 Å². The average molecular weight is 350 g/mol. The zero-order chi connectivity index (χ0) is 16.9. The van der Waals surface area contributed by atoms with E-state index in [0.717, 1.165) is 50.6 Å². The van der Waals surface area contributed by atoms with Gasteiger partial charge in [-0.1, -0.05) is 6.92 Å². The summed E-state index contributed by atoms with van der Waals surface area (Å²) in [4.78, 5) is 11.5. The molecule has 1 aromatic heterocycles. The lowest BCUT2D eigenvalue weighted by atomic mass is 10.0. The average Bonchev–Trinajstić information content (AvgIpc) is 3.06. The maximum atomic E-state index is 5.59. The Morgan fingerprint density at radius 2 is 2.25 bits per heavy atom. The molecule has 3 rings (SSSR count). The van der Waals surface area contributed by atoms with E-state index in [9.17, 15) is 0 Å². The van der Waals surface area contributed by atoms with Gasteiger partial charge in [0.15, 0.2) is 5.11 Å². The number of rotatable bonds is 4. The van der Waals surface area contributed by atoms with Crippen LogP contribution in [0, 0.1) is 12.8 Å². The number of aryl methyl sites for hydroxylation is 1. The van der Waals surface area contributed by atoms with Crippen LogP contribution < -0.4 is 15.5 Å². The summed E-state index contributed by atoms with van der Waals surface area (Å²) in [5.74, 6) is 2.26. The van der Waals surface area contributed by atoms with E-state index in [0.29, 0.717) is 17.0 Å². The van der Waals surface area contributed by atoms with Gasteiger partial charge in [-0.15, -0.1) is 0 Å². The first-order valence-electron chi connectivity index (χ1n) is 8.87. The van der Waals surface area contributed by atoms with Crippen LogP contribution in [0.4, 0.5) is 11.8 Å². The van der Waals surface area contributed by atoms with Crippen LogP contribution in [0.15, 0.2) is 6.07 Å². The monoisotopic (exact) mass is 349 g/mol. The van der Waals surface area contributed by atoms with Gasteiger partial charge in [0, 0.05) is 38.0 Å². The topological polar surface area (TPSA) is 62.3 Å². The molecule has 2 fully saturated rings. The van der Waals surface area contributed by atoms with E-state index < -0.39 is 0 Å². The Morgan fingerprint density at radius 1 is 1.38 bits per heavy atom. The molecule has 2 saturated heterocycles. The van der Waals surface area contributed by atoms with Crippen LogP contribution in [0.2, 0.25) is 0 Å². The van der Waals surface area contributed by atoms with Gasteiger partial charge in [0.2, 0.25) is 5.95 Å². The van der Waals surface area contributed by atoms with Gasteiger partial charge < -0.3 is 20.3 Å². The molecule has 2 aliphatic heterocycles. The van der Waals surface area contributed by atoms with Gasteiger partial charge in [0.25, 0.3) is 0 Å². The molecule has 2 atom stereocenters. The van der Waals surface area contributed by atoms with Gasteiger partial charge in [-0.2, -0.15) is 4.98 Å². The second-order valence-corrected chi connectivity index (χ2v) is 7.26. The predicted molar refractivity (Wildman–Crippen MR) is 101 cm³/mol. The van der Waals surface area contributed by atoms with E-state index in [4.69, 9.17) is 17.0 Å². The number of thiocarbonyl (C=S) groups is 1. The van der Waals surface area contributed by atoms with Crippen molar-refractivity contribution in [2.24, 2.45) is 5.92 Å². The minimum absolute atomic E-state index is 0.258. The van der Waals surface area contributed by atoms with Gasteiger partial charge >= 0.3 is 0 Å². The molecule has 0 saturated carbocycles. The fourth-order valence-corrected chi connectivity index (χ4v) is 3.50. The van der Waals surface area contributed by atoms with E-state index in [1.165, 1.54) is 12.8 Å². The molecule has 24 heavy (non-hydrogen) atoms. The van der Waals surface area contributed by atoms with Crippen molar-refractivity contribution in [1.29, 1.82) is 0 Å². The standard InChI is InChI=1S/C17H27N5OS/c1-12-5-3-7-22(11-12)15-9-13(2)19-16(20-15)21-17(24)18-10-14-6-4-8-23-14/h9,12,14H,3-8,10-11H2,1-2H3,(H2,18,19,20,21,24)/t12-,14+/m1/s1. The Kier molecular flexibility index (Phi) is 5.84. The minimum atomic E-state index is 0.258. The summed E-state index contributed by atoms with van der Waals surface area (Å²) in [6.45, 7) is 7.98. The lowest BCUT2D eigenvalue weighted by molar-refractivity contribution is 0.114. The maximum absolute atomic E-state index is 5.59. The molecular formula is C17H27N5OS. The van der Waals surface area contributed by atoms with Gasteiger partial charge in [-0.3, -0.25) is 0 Å². The molecule has 3 heterocycles. The third-order valence-electron chi connectivity index (χ3n) is 4.56. The number of aromatic nitrogens is 2. The third kappa shape index (κ3) is 4.77. The Bertz CT molecular complexity index is 576. The highest BCUT2D eigenvalue weighted by atomic mass is 32.1. The van der Waals surface area contributed by atoms with Crippen LogP contribution in [0.1, 0.15) is 38.3 Å². The van der Waals surface area contributed by atoms with Crippen molar-refractivity contribution < 1.29 is 4.74 Å². The third-order valence-corrected chi connectivity index (χ3v) is 4.81. The number of piperidine rings is 1. The molecule has 0 amide bonds. The zero-order valence-corrected chi connectivity index (χ0v) is 15.4. The fourth-order valence-electron chi connectivity index (χ4n) is 3.32. The van der Waals surface area contributed by atoms with Crippen molar-refractivity contribution in [3.63, 3.8) is 0 Å². The van der Waals surface area contributed by atoms with E-state index in [-0.39, 0.29) is 6.10 Å². The first kappa shape index (κ1) is 17.4. The summed E-state index contributed by atoms with van der Waals surface area (Å²) in [7, 11) is 0. The van der Waals surface area contributed by atoms with Crippen molar-refractivity contribution in [2.75, 3.05) is 36.5 Å². The number of hydrogen-bond donors (Lipinski definition) is 2. The summed E-state index contributed by atoms with van der Waals surface area (Å²) in [6, 6.07) is 2.05. The van der Waals surface area contributed by atoms with Crippen molar-refractivity contribution in [2.45, 2.75) is 45.6 Å². The second-order valence-electron chi connectivity index (χ2n) is 6.85.